The number of carbonyl (C=O) groups excluding carboxylic acids is 1. The van der Waals surface area contributed by atoms with Crippen LogP contribution in [0.5, 0.6) is 11.5 Å². The van der Waals surface area contributed by atoms with E-state index in [0.717, 1.165) is 17.7 Å². The highest BCUT2D eigenvalue weighted by Gasteiger charge is 2.32. The van der Waals surface area contributed by atoms with Crippen LogP contribution in [0.2, 0.25) is 10.0 Å². The Bertz CT molecular complexity index is 885. The predicted molar refractivity (Wildman–Crippen MR) is 117 cm³/mol. The molecule has 1 aliphatic rings. The zero-order valence-corrected chi connectivity index (χ0v) is 18.5. The SMILES string of the molecule is COc1cc(CN2CC(C(=O)NC[C@@H](C)O)C2)ccc1OCc1ccc(Cl)cc1Cl. The van der Waals surface area contributed by atoms with Gasteiger partial charge in [0.2, 0.25) is 5.91 Å². The van der Waals surface area contributed by atoms with E-state index < -0.39 is 6.10 Å². The molecule has 1 saturated heterocycles. The smallest absolute Gasteiger partial charge is 0.225 e. The minimum absolute atomic E-state index is 0.00524. The van der Waals surface area contributed by atoms with Crippen molar-refractivity contribution in [1.29, 1.82) is 0 Å². The molecule has 2 aromatic rings. The Morgan fingerprint density at radius 3 is 2.67 bits per heavy atom. The van der Waals surface area contributed by atoms with E-state index in [1.807, 2.05) is 24.3 Å². The van der Waals surface area contributed by atoms with Crippen LogP contribution in [0.4, 0.5) is 0 Å². The van der Waals surface area contributed by atoms with Crippen LogP contribution in [0.15, 0.2) is 36.4 Å². The van der Waals surface area contributed by atoms with Gasteiger partial charge in [0, 0.05) is 41.8 Å². The van der Waals surface area contributed by atoms with Gasteiger partial charge < -0.3 is 19.9 Å². The van der Waals surface area contributed by atoms with Crippen molar-refractivity contribution in [3.63, 3.8) is 0 Å². The van der Waals surface area contributed by atoms with E-state index in [0.29, 0.717) is 41.2 Å². The zero-order valence-electron chi connectivity index (χ0n) is 17.0. The summed E-state index contributed by atoms with van der Waals surface area (Å²) in [7, 11) is 1.60. The van der Waals surface area contributed by atoms with E-state index in [1.165, 1.54) is 0 Å². The van der Waals surface area contributed by atoms with Crippen molar-refractivity contribution in [3.05, 3.63) is 57.6 Å². The van der Waals surface area contributed by atoms with Crippen LogP contribution in [0.25, 0.3) is 0 Å². The Balaban J connectivity index is 1.53. The maximum atomic E-state index is 12.0. The number of amides is 1. The van der Waals surface area contributed by atoms with Gasteiger partial charge in [0.1, 0.15) is 6.61 Å². The van der Waals surface area contributed by atoms with Crippen LogP contribution in [-0.4, -0.2) is 48.8 Å². The molecular weight excluding hydrogens is 427 g/mol. The van der Waals surface area contributed by atoms with Crippen molar-refractivity contribution in [2.24, 2.45) is 5.92 Å². The molecular formula is C22H26Cl2N2O4. The van der Waals surface area contributed by atoms with Gasteiger partial charge in [0.25, 0.3) is 0 Å². The summed E-state index contributed by atoms with van der Waals surface area (Å²) in [5.74, 6) is 1.24. The lowest BCUT2D eigenvalue weighted by Crippen LogP contribution is -2.53. The first kappa shape index (κ1) is 22.7. The molecule has 1 fully saturated rings. The summed E-state index contributed by atoms with van der Waals surface area (Å²) in [6, 6.07) is 11.1. The Hall–Kier alpha value is -1.99. The molecule has 6 nitrogen and oxygen atoms in total. The normalized spacial score (nSPS) is 15.4. The van der Waals surface area contributed by atoms with Crippen LogP contribution < -0.4 is 14.8 Å². The van der Waals surface area contributed by atoms with Gasteiger partial charge in [-0.25, -0.2) is 0 Å². The number of halogens is 2. The van der Waals surface area contributed by atoms with Crippen molar-refractivity contribution < 1.29 is 19.4 Å². The number of carbonyl (C=O) groups is 1. The third kappa shape index (κ3) is 6.01. The fraction of sp³-hybridized carbons (Fsp3) is 0.409. The van der Waals surface area contributed by atoms with E-state index in [-0.39, 0.29) is 18.4 Å². The Kier molecular flexibility index (Phi) is 7.83. The summed E-state index contributed by atoms with van der Waals surface area (Å²) >= 11 is 12.1. The summed E-state index contributed by atoms with van der Waals surface area (Å²) < 4.78 is 11.4. The first-order chi connectivity index (χ1) is 14.4. The number of rotatable bonds is 9. The molecule has 0 unspecified atom stereocenters. The molecule has 0 radical (unpaired) electrons. The van der Waals surface area contributed by atoms with E-state index in [4.69, 9.17) is 32.7 Å². The summed E-state index contributed by atoms with van der Waals surface area (Å²) in [5, 5.41) is 13.2. The molecule has 2 N–H and O–H groups in total. The molecule has 30 heavy (non-hydrogen) atoms. The third-order valence-electron chi connectivity index (χ3n) is 4.93. The number of nitrogens with zero attached hydrogens (tertiary/aromatic N) is 1. The van der Waals surface area contributed by atoms with Crippen LogP contribution in [0.1, 0.15) is 18.1 Å². The zero-order chi connectivity index (χ0) is 21.7. The second kappa shape index (κ2) is 10.4. The Morgan fingerprint density at radius 2 is 2.00 bits per heavy atom. The average molecular weight is 453 g/mol. The van der Waals surface area contributed by atoms with Crippen LogP contribution in [-0.2, 0) is 17.9 Å². The molecule has 3 rings (SSSR count). The van der Waals surface area contributed by atoms with Gasteiger partial charge in [-0.1, -0.05) is 35.3 Å². The van der Waals surface area contributed by atoms with Crippen molar-refractivity contribution in [3.8, 4) is 11.5 Å². The molecule has 162 valence electrons. The summed E-state index contributed by atoms with van der Waals surface area (Å²) in [5.41, 5.74) is 1.92. The van der Waals surface area contributed by atoms with Crippen molar-refractivity contribution in [2.75, 3.05) is 26.7 Å². The highest BCUT2D eigenvalue weighted by molar-refractivity contribution is 6.35. The molecule has 8 heteroatoms. The van der Waals surface area contributed by atoms with Gasteiger partial charge >= 0.3 is 0 Å². The summed E-state index contributed by atoms with van der Waals surface area (Å²) in [4.78, 5) is 14.2. The molecule has 0 aliphatic carbocycles. The second-order valence-electron chi connectivity index (χ2n) is 7.49. The van der Waals surface area contributed by atoms with E-state index in [1.54, 1.807) is 26.2 Å². The van der Waals surface area contributed by atoms with Gasteiger partial charge in [-0.3, -0.25) is 9.69 Å². The Morgan fingerprint density at radius 1 is 1.23 bits per heavy atom. The van der Waals surface area contributed by atoms with Crippen LogP contribution in [0, 0.1) is 5.92 Å². The van der Waals surface area contributed by atoms with Crippen molar-refractivity contribution in [2.45, 2.75) is 26.2 Å². The molecule has 2 aromatic carbocycles. The van der Waals surface area contributed by atoms with Crippen LogP contribution in [0.3, 0.4) is 0 Å². The van der Waals surface area contributed by atoms with Crippen molar-refractivity contribution >= 4 is 29.1 Å². The quantitative estimate of drug-likeness (QED) is 0.608. The largest absolute Gasteiger partial charge is 0.493 e. The Labute approximate surface area is 186 Å². The minimum Gasteiger partial charge on any atom is -0.493 e. The molecule has 1 heterocycles. The highest BCUT2D eigenvalue weighted by atomic mass is 35.5. The number of aliphatic hydroxyl groups excluding tert-OH is 1. The first-order valence-corrected chi connectivity index (χ1v) is 10.5. The van der Waals surface area contributed by atoms with E-state index in [9.17, 15) is 9.90 Å². The summed E-state index contributed by atoms with van der Waals surface area (Å²) in [6.07, 6.45) is -0.533. The topological polar surface area (TPSA) is 71.0 Å². The molecule has 0 aromatic heterocycles. The minimum atomic E-state index is -0.533. The van der Waals surface area contributed by atoms with Gasteiger partial charge in [-0.2, -0.15) is 0 Å². The molecule has 1 aliphatic heterocycles. The number of nitrogens with one attached hydrogen (secondary N) is 1. The number of ether oxygens (including phenoxy) is 2. The van der Waals surface area contributed by atoms with Gasteiger partial charge in [0.15, 0.2) is 11.5 Å². The van der Waals surface area contributed by atoms with Gasteiger partial charge in [0.05, 0.1) is 19.1 Å². The number of hydrogen-bond donors (Lipinski definition) is 2. The predicted octanol–water partition coefficient (Wildman–Crippen LogP) is 3.51. The fourth-order valence-electron chi connectivity index (χ4n) is 3.24. The summed E-state index contributed by atoms with van der Waals surface area (Å²) in [6.45, 7) is 4.36. The number of methoxy groups -OCH3 is 1. The molecule has 1 atom stereocenters. The highest BCUT2D eigenvalue weighted by Crippen LogP contribution is 2.31. The van der Waals surface area contributed by atoms with Gasteiger partial charge in [-0.05, 0) is 36.8 Å². The molecule has 1 amide bonds. The van der Waals surface area contributed by atoms with Crippen molar-refractivity contribution in [1.82, 2.24) is 10.2 Å². The number of hydrogen-bond acceptors (Lipinski definition) is 5. The fourth-order valence-corrected chi connectivity index (χ4v) is 3.70. The van der Waals surface area contributed by atoms with Crippen LogP contribution >= 0.6 is 23.2 Å². The average Bonchev–Trinajstić information content (AvgIpc) is 2.68. The maximum absolute atomic E-state index is 12.0. The lowest BCUT2D eigenvalue weighted by atomic mass is 9.98. The third-order valence-corrected chi connectivity index (χ3v) is 5.52. The van der Waals surface area contributed by atoms with E-state index >= 15 is 0 Å². The first-order valence-electron chi connectivity index (χ1n) is 9.77. The number of benzene rings is 2. The molecule has 0 bridgehead atoms. The van der Waals surface area contributed by atoms with E-state index in [2.05, 4.69) is 10.2 Å². The lowest BCUT2D eigenvalue weighted by Gasteiger charge is -2.38. The number of aliphatic hydroxyl groups is 1. The monoisotopic (exact) mass is 452 g/mol. The van der Waals surface area contributed by atoms with Gasteiger partial charge in [-0.15, -0.1) is 0 Å². The lowest BCUT2D eigenvalue weighted by molar-refractivity contribution is -0.130. The molecule has 0 spiro atoms. The second-order valence-corrected chi connectivity index (χ2v) is 8.34. The molecule has 0 saturated carbocycles. The standard InChI is InChI=1S/C22H26Cl2N2O4/c1-14(27)9-25-22(28)17-11-26(12-17)10-15-3-6-20(21(7-15)29-2)30-13-16-4-5-18(23)8-19(16)24/h3-8,14,17,27H,9-13H2,1-2H3,(H,25,28)/t14-/m1/s1. The number of likely N-dealkylation sites (tertiary alicyclic amines) is 1. The maximum Gasteiger partial charge on any atom is 0.225 e.